The van der Waals surface area contributed by atoms with Crippen LogP contribution in [-0.2, 0) is 0 Å². The highest BCUT2D eigenvalue weighted by atomic mass is 15.3. The van der Waals surface area contributed by atoms with Gasteiger partial charge >= 0.3 is 0 Å². The van der Waals surface area contributed by atoms with Crippen LogP contribution in [0.2, 0.25) is 0 Å². The quantitative estimate of drug-likeness (QED) is 0.126. The van der Waals surface area contributed by atoms with Gasteiger partial charge in [-0.2, -0.15) is 20.4 Å². The molecule has 0 atom stereocenters. The summed E-state index contributed by atoms with van der Waals surface area (Å²) in [5.41, 5.74) is 38.3. The van der Waals surface area contributed by atoms with Gasteiger partial charge in [-0.05, 0) is 13.8 Å². The van der Waals surface area contributed by atoms with E-state index >= 15 is 0 Å². The number of hydrazone groups is 1. The zero-order chi connectivity index (χ0) is 20.5. The van der Waals surface area contributed by atoms with E-state index in [1.54, 1.807) is 13.8 Å². The molecule has 16 heteroatoms. The van der Waals surface area contributed by atoms with Gasteiger partial charge in [-0.15, -0.1) is 15.3 Å². The predicted octanol–water partition coefficient (Wildman–Crippen LogP) is -4.00. The molecule has 0 spiro atoms. The number of nitrogens with one attached hydrogen (secondary N) is 2. The van der Waals surface area contributed by atoms with Gasteiger partial charge in [0, 0.05) is 0 Å². The minimum Gasteiger partial charge on any atom is -0.369 e. The van der Waals surface area contributed by atoms with Crippen molar-refractivity contribution >= 4 is 47.7 Å². The van der Waals surface area contributed by atoms with Crippen molar-refractivity contribution in [3.05, 3.63) is 0 Å². The maximum atomic E-state index is 6.85. The zero-order valence-electron chi connectivity index (χ0n) is 14.3. The van der Waals surface area contributed by atoms with Crippen molar-refractivity contribution in [2.45, 2.75) is 13.8 Å². The highest BCUT2D eigenvalue weighted by Gasteiger charge is 1.96. The molecule has 0 amide bonds. The van der Waals surface area contributed by atoms with E-state index in [0.717, 1.165) is 0 Å². The van der Waals surface area contributed by atoms with Crippen LogP contribution in [0.5, 0.6) is 0 Å². The summed E-state index contributed by atoms with van der Waals surface area (Å²) in [6, 6.07) is 0. The minimum atomic E-state index is -0.251. The van der Waals surface area contributed by atoms with Gasteiger partial charge in [-0.1, -0.05) is 0 Å². The standard InChI is InChI=1S/C6H14N8.C4H10N8/c1-3(11-13-5(7)8)4(2)12-14-6(9)10;5-3(6)11-9-1-2-10-12-4(7)8/h1-2H3,(H4,7,8,13)(H4,9,10,14);1-2H,(H4,5,6,11)(H4,7,8,12)/b11-3+,12-4+;9-1+,10-2+. The molecule has 0 heterocycles. The molecular weight excluding hydrogens is 344 g/mol. The van der Waals surface area contributed by atoms with Gasteiger partial charge in [-0.25, -0.2) is 5.43 Å². The lowest BCUT2D eigenvalue weighted by molar-refractivity contribution is 0.994. The Balaban J connectivity index is 0. The summed E-state index contributed by atoms with van der Waals surface area (Å²) >= 11 is 0. The van der Waals surface area contributed by atoms with E-state index in [9.17, 15) is 0 Å². The van der Waals surface area contributed by atoms with Gasteiger partial charge < -0.3 is 40.1 Å². The molecule has 0 aromatic carbocycles. The van der Waals surface area contributed by atoms with Gasteiger partial charge in [0.15, 0.2) is 0 Å². The lowest BCUT2D eigenvalue weighted by Gasteiger charge is -1.98. The maximum Gasteiger partial charge on any atom is 0.211 e. The van der Waals surface area contributed by atoms with Gasteiger partial charge in [0.05, 0.1) is 23.9 Å². The highest BCUT2D eigenvalue weighted by molar-refractivity contribution is 6.40. The third-order valence-corrected chi connectivity index (χ3v) is 1.73. The van der Waals surface area contributed by atoms with Crippen LogP contribution in [0.3, 0.4) is 0 Å². The smallest absolute Gasteiger partial charge is 0.211 e. The topological polar surface area (TPSA) is 305 Å². The molecule has 0 aromatic heterocycles. The third-order valence-electron chi connectivity index (χ3n) is 1.73. The van der Waals surface area contributed by atoms with E-state index in [1.807, 2.05) is 0 Å². The van der Waals surface area contributed by atoms with Crippen molar-refractivity contribution in [2.75, 3.05) is 0 Å². The largest absolute Gasteiger partial charge is 0.369 e. The SMILES string of the molecule is CC(=N\N=C(N)N)/C(C)=N/NC(=N)N.NC(N)=N/N=C/C=N/N=C(N)N. The van der Waals surface area contributed by atoms with Crippen molar-refractivity contribution in [1.29, 1.82) is 5.41 Å². The van der Waals surface area contributed by atoms with Crippen molar-refractivity contribution in [1.82, 2.24) is 5.43 Å². The van der Waals surface area contributed by atoms with Crippen LogP contribution in [0.15, 0.2) is 35.7 Å². The molecule has 0 saturated heterocycles. The number of hydrogen-bond acceptors (Lipinski definition) is 8. The molecule has 0 saturated carbocycles. The van der Waals surface area contributed by atoms with Crippen LogP contribution in [0.4, 0.5) is 0 Å². The number of hydrogen-bond donors (Lipinski definition) is 9. The molecule has 0 aliphatic rings. The van der Waals surface area contributed by atoms with Crippen molar-refractivity contribution in [3.63, 3.8) is 0 Å². The number of nitrogens with two attached hydrogens (primary N) is 7. The number of nitrogens with zero attached hydrogens (tertiary/aromatic N) is 7. The second kappa shape index (κ2) is 14.4. The Morgan fingerprint density at radius 2 is 1.12 bits per heavy atom. The lowest BCUT2D eigenvalue weighted by Crippen LogP contribution is -2.27. The van der Waals surface area contributed by atoms with E-state index in [-0.39, 0.29) is 23.8 Å². The Labute approximate surface area is 149 Å². The predicted molar refractivity (Wildman–Crippen MR) is 106 cm³/mol. The number of rotatable bonds is 6. The van der Waals surface area contributed by atoms with E-state index in [4.69, 9.17) is 45.5 Å². The zero-order valence-corrected chi connectivity index (χ0v) is 14.3. The molecule has 0 aromatic rings. The Bertz CT molecular complexity index is 610. The van der Waals surface area contributed by atoms with Gasteiger partial charge in [0.2, 0.25) is 23.8 Å². The lowest BCUT2D eigenvalue weighted by atomic mass is 10.3. The fourth-order valence-corrected chi connectivity index (χ4v) is 0.690. The monoisotopic (exact) mass is 368 g/mol. The van der Waals surface area contributed by atoms with Crippen LogP contribution in [-0.4, -0.2) is 47.7 Å². The summed E-state index contributed by atoms with van der Waals surface area (Å²) < 4.78 is 0. The molecule has 16 N–H and O–H groups in total. The number of guanidine groups is 4. The van der Waals surface area contributed by atoms with E-state index in [1.165, 1.54) is 12.4 Å². The molecule has 16 nitrogen and oxygen atoms in total. The van der Waals surface area contributed by atoms with Crippen LogP contribution in [0.1, 0.15) is 13.8 Å². The minimum absolute atomic E-state index is 0.128. The van der Waals surface area contributed by atoms with E-state index < -0.39 is 0 Å². The second-order valence-corrected chi connectivity index (χ2v) is 4.01. The molecule has 0 aliphatic heterocycles. The van der Waals surface area contributed by atoms with Gasteiger partial charge in [-0.3, -0.25) is 5.41 Å². The molecule has 144 valence electrons. The highest BCUT2D eigenvalue weighted by Crippen LogP contribution is 1.84. The van der Waals surface area contributed by atoms with Crippen molar-refractivity contribution in [3.8, 4) is 0 Å². The van der Waals surface area contributed by atoms with Crippen molar-refractivity contribution < 1.29 is 0 Å². The first kappa shape index (κ1) is 24.0. The summed E-state index contributed by atoms with van der Waals surface area (Å²) in [5, 5.41) is 31.0. The fourth-order valence-electron chi connectivity index (χ4n) is 0.690. The molecule has 0 aliphatic carbocycles. The van der Waals surface area contributed by atoms with Gasteiger partial charge in [0.25, 0.3) is 0 Å². The van der Waals surface area contributed by atoms with E-state index in [2.05, 4.69) is 41.1 Å². The summed E-state index contributed by atoms with van der Waals surface area (Å²) in [6.45, 7) is 3.35. The summed E-state index contributed by atoms with van der Waals surface area (Å²) in [5.74, 6) is -0.654. The molecular formula is C10H24N16. The summed E-state index contributed by atoms with van der Waals surface area (Å²) in [7, 11) is 0. The fraction of sp³-hybridized carbons (Fsp3) is 0.200. The molecule has 0 radical (unpaired) electrons. The van der Waals surface area contributed by atoms with Crippen LogP contribution < -0.4 is 45.6 Å². The first-order valence-electron chi connectivity index (χ1n) is 6.56. The average Bonchev–Trinajstić information content (AvgIpc) is 2.53. The normalized spacial score (nSPS) is 11.3. The molecule has 0 unspecified atom stereocenters. The molecule has 0 bridgehead atoms. The van der Waals surface area contributed by atoms with Crippen molar-refractivity contribution in [2.24, 2.45) is 75.8 Å². The molecule has 26 heavy (non-hydrogen) atoms. The Kier molecular flexibility index (Phi) is 13.3. The first-order chi connectivity index (χ1) is 12.1. The average molecular weight is 368 g/mol. The Morgan fingerprint density at radius 3 is 1.46 bits per heavy atom. The third kappa shape index (κ3) is 19.8. The van der Waals surface area contributed by atoms with E-state index in [0.29, 0.717) is 11.4 Å². The maximum absolute atomic E-state index is 6.85. The first-order valence-corrected chi connectivity index (χ1v) is 6.56. The summed E-state index contributed by atoms with van der Waals surface area (Å²) in [6.07, 6.45) is 2.46. The van der Waals surface area contributed by atoms with Crippen LogP contribution in [0.25, 0.3) is 0 Å². The van der Waals surface area contributed by atoms with Crippen LogP contribution in [0, 0.1) is 5.41 Å². The Morgan fingerprint density at radius 1 is 0.692 bits per heavy atom. The molecule has 0 fully saturated rings. The second-order valence-electron chi connectivity index (χ2n) is 4.01. The Hall–Kier alpha value is -4.24. The molecule has 0 rings (SSSR count). The van der Waals surface area contributed by atoms with Crippen LogP contribution >= 0.6 is 0 Å². The van der Waals surface area contributed by atoms with Gasteiger partial charge in [0.1, 0.15) is 0 Å². The summed E-state index contributed by atoms with van der Waals surface area (Å²) in [4.78, 5) is 0.